The van der Waals surface area contributed by atoms with E-state index in [9.17, 15) is 13.2 Å². The standard InChI is InChI=1S/C14H26F3N/c1-3-7-13(18-10-4-2)11-8-5-6-9-12(11)14(15,16)17/h11-13,18H,3-10H2,1-2H3. The summed E-state index contributed by atoms with van der Waals surface area (Å²) in [6.45, 7) is 4.93. The maximum atomic E-state index is 13.1. The van der Waals surface area contributed by atoms with Gasteiger partial charge < -0.3 is 5.32 Å². The molecule has 1 rings (SSSR count). The first-order chi connectivity index (χ1) is 8.50. The van der Waals surface area contributed by atoms with E-state index >= 15 is 0 Å². The molecular formula is C14H26F3N. The summed E-state index contributed by atoms with van der Waals surface area (Å²) in [7, 11) is 0. The van der Waals surface area contributed by atoms with Crippen molar-refractivity contribution in [3.05, 3.63) is 0 Å². The van der Waals surface area contributed by atoms with E-state index in [1.165, 1.54) is 0 Å². The van der Waals surface area contributed by atoms with Crippen molar-refractivity contribution in [1.29, 1.82) is 0 Å². The molecule has 108 valence electrons. The molecular weight excluding hydrogens is 239 g/mol. The van der Waals surface area contributed by atoms with Crippen LogP contribution < -0.4 is 5.32 Å². The van der Waals surface area contributed by atoms with E-state index in [-0.39, 0.29) is 12.0 Å². The van der Waals surface area contributed by atoms with E-state index in [2.05, 4.69) is 12.2 Å². The zero-order chi connectivity index (χ0) is 13.6. The molecule has 0 aromatic rings. The molecule has 0 saturated heterocycles. The van der Waals surface area contributed by atoms with Crippen LogP contribution in [0.5, 0.6) is 0 Å². The van der Waals surface area contributed by atoms with Gasteiger partial charge in [-0.15, -0.1) is 0 Å². The summed E-state index contributed by atoms with van der Waals surface area (Å²) in [5.74, 6) is -1.31. The molecule has 1 aliphatic carbocycles. The van der Waals surface area contributed by atoms with E-state index in [1.807, 2.05) is 6.92 Å². The van der Waals surface area contributed by atoms with E-state index in [4.69, 9.17) is 0 Å². The lowest BCUT2D eigenvalue weighted by Crippen LogP contribution is -2.45. The average Bonchev–Trinajstić information content (AvgIpc) is 2.33. The third-order valence-corrected chi connectivity index (χ3v) is 4.01. The summed E-state index contributed by atoms with van der Waals surface area (Å²) < 4.78 is 39.3. The fourth-order valence-corrected chi connectivity index (χ4v) is 3.16. The van der Waals surface area contributed by atoms with Crippen LogP contribution in [0, 0.1) is 11.8 Å². The second-order valence-electron chi connectivity index (χ2n) is 5.45. The average molecular weight is 265 g/mol. The van der Waals surface area contributed by atoms with Crippen molar-refractivity contribution in [3.8, 4) is 0 Å². The van der Waals surface area contributed by atoms with E-state index in [1.54, 1.807) is 0 Å². The van der Waals surface area contributed by atoms with Gasteiger partial charge in [-0.05, 0) is 38.1 Å². The molecule has 3 atom stereocenters. The third kappa shape index (κ3) is 4.45. The first-order valence-corrected chi connectivity index (χ1v) is 7.30. The van der Waals surface area contributed by atoms with Gasteiger partial charge in [-0.1, -0.05) is 33.1 Å². The fraction of sp³-hybridized carbons (Fsp3) is 1.00. The van der Waals surface area contributed by atoms with E-state index in [0.29, 0.717) is 6.42 Å². The molecule has 0 aromatic carbocycles. The normalized spacial score (nSPS) is 27.2. The molecule has 3 unspecified atom stereocenters. The second kappa shape index (κ2) is 7.37. The lowest BCUT2D eigenvalue weighted by molar-refractivity contribution is -0.199. The summed E-state index contributed by atoms with van der Waals surface area (Å²) >= 11 is 0. The lowest BCUT2D eigenvalue weighted by atomic mass is 9.73. The molecule has 0 aromatic heterocycles. The van der Waals surface area contributed by atoms with Crippen LogP contribution in [-0.4, -0.2) is 18.8 Å². The maximum absolute atomic E-state index is 13.1. The summed E-state index contributed by atoms with van der Waals surface area (Å²) in [5, 5.41) is 3.34. The molecule has 0 amide bonds. The monoisotopic (exact) mass is 265 g/mol. The molecule has 1 nitrogen and oxygen atoms in total. The smallest absolute Gasteiger partial charge is 0.314 e. The highest BCUT2D eigenvalue weighted by Crippen LogP contribution is 2.43. The van der Waals surface area contributed by atoms with Crippen LogP contribution in [0.25, 0.3) is 0 Å². The van der Waals surface area contributed by atoms with Gasteiger partial charge in [0.15, 0.2) is 0 Å². The van der Waals surface area contributed by atoms with Gasteiger partial charge in [0, 0.05) is 6.04 Å². The van der Waals surface area contributed by atoms with Gasteiger partial charge in [0.25, 0.3) is 0 Å². The van der Waals surface area contributed by atoms with Crippen molar-refractivity contribution in [2.45, 2.75) is 71.0 Å². The Bertz CT molecular complexity index is 228. The Balaban J connectivity index is 2.71. The number of halogens is 3. The number of hydrogen-bond donors (Lipinski definition) is 1. The van der Waals surface area contributed by atoms with Crippen molar-refractivity contribution in [3.63, 3.8) is 0 Å². The zero-order valence-corrected chi connectivity index (χ0v) is 11.5. The summed E-state index contributed by atoms with van der Waals surface area (Å²) in [6, 6.07) is 0.0434. The highest BCUT2D eigenvalue weighted by molar-refractivity contribution is 4.88. The second-order valence-corrected chi connectivity index (χ2v) is 5.45. The van der Waals surface area contributed by atoms with Crippen LogP contribution in [0.2, 0.25) is 0 Å². The molecule has 1 N–H and O–H groups in total. The van der Waals surface area contributed by atoms with Crippen LogP contribution in [0.3, 0.4) is 0 Å². The quantitative estimate of drug-likeness (QED) is 0.744. The molecule has 0 heterocycles. The van der Waals surface area contributed by atoms with E-state index < -0.39 is 12.1 Å². The number of rotatable bonds is 6. The Labute approximate surface area is 109 Å². The molecule has 0 spiro atoms. The Kier molecular flexibility index (Phi) is 6.47. The molecule has 0 bridgehead atoms. The number of nitrogens with one attached hydrogen (secondary N) is 1. The van der Waals surface area contributed by atoms with Gasteiger partial charge in [0.05, 0.1) is 5.92 Å². The fourth-order valence-electron chi connectivity index (χ4n) is 3.16. The highest BCUT2D eigenvalue weighted by Gasteiger charge is 2.47. The number of hydrogen-bond acceptors (Lipinski definition) is 1. The number of alkyl halides is 3. The molecule has 4 heteroatoms. The van der Waals surface area contributed by atoms with Crippen LogP contribution >= 0.6 is 0 Å². The van der Waals surface area contributed by atoms with Gasteiger partial charge in [-0.2, -0.15) is 13.2 Å². The Morgan fingerprint density at radius 3 is 2.33 bits per heavy atom. The van der Waals surface area contributed by atoms with Crippen molar-refractivity contribution in [1.82, 2.24) is 5.32 Å². The van der Waals surface area contributed by atoms with Gasteiger partial charge in [-0.3, -0.25) is 0 Å². The Morgan fingerprint density at radius 2 is 1.78 bits per heavy atom. The minimum absolute atomic E-state index is 0.0434. The van der Waals surface area contributed by atoms with Gasteiger partial charge in [-0.25, -0.2) is 0 Å². The molecule has 0 aliphatic heterocycles. The molecule has 1 aliphatic rings. The van der Waals surface area contributed by atoms with Crippen LogP contribution in [0.4, 0.5) is 13.2 Å². The largest absolute Gasteiger partial charge is 0.392 e. The topological polar surface area (TPSA) is 12.0 Å². The first kappa shape index (κ1) is 15.8. The molecule has 0 radical (unpaired) electrons. The van der Waals surface area contributed by atoms with Gasteiger partial charge >= 0.3 is 6.18 Å². The summed E-state index contributed by atoms with van der Waals surface area (Å²) in [5.41, 5.74) is 0. The zero-order valence-electron chi connectivity index (χ0n) is 11.5. The van der Waals surface area contributed by atoms with Crippen LogP contribution in [0.1, 0.15) is 58.8 Å². The summed E-state index contributed by atoms with van der Waals surface area (Å²) in [4.78, 5) is 0. The molecule has 1 saturated carbocycles. The van der Waals surface area contributed by atoms with Gasteiger partial charge in [0.2, 0.25) is 0 Å². The summed E-state index contributed by atoms with van der Waals surface area (Å²) in [6.07, 6.45) is 1.49. The van der Waals surface area contributed by atoms with Crippen molar-refractivity contribution >= 4 is 0 Å². The predicted octanol–water partition coefficient (Wildman–Crippen LogP) is 4.52. The molecule has 18 heavy (non-hydrogen) atoms. The van der Waals surface area contributed by atoms with Crippen LogP contribution in [-0.2, 0) is 0 Å². The SMILES string of the molecule is CCCNC(CCC)C1CCCCC1C(F)(F)F. The highest BCUT2D eigenvalue weighted by atomic mass is 19.4. The lowest BCUT2D eigenvalue weighted by Gasteiger charge is -2.38. The minimum atomic E-state index is -4.02. The predicted molar refractivity (Wildman–Crippen MR) is 68.5 cm³/mol. The van der Waals surface area contributed by atoms with Crippen molar-refractivity contribution < 1.29 is 13.2 Å². The molecule has 1 fully saturated rings. The first-order valence-electron chi connectivity index (χ1n) is 7.30. The third-order valence-electron chi connectivity index (χ3n) is 4.01. The van der Waals surface area contributed by atoms with Crippen LogP contribution in [0.15, 0.2) is 0 Å². The van der Waals surface area contributed by atoms with Crippen molar-refractivity contribution in [2.24, 2.45) is 11.8 Å². The van der Waals surface area contributed by atoms with Crippen molar-refractivity contribution in [2.75, 3.05) is 6.54 Å². The minimum Gasteiger partial charge on any atom is -0.314 e. The Morgan fingerprint density at radius 1 is 1.11 bits per heavy atom. The van der Waals surface area contributed by atoms with Gasteiger partial charge in [0.1, 0.15) is 0 Å². The maximum Gasteiger partial charge on any atom is 0.392 e. The van der Waals surface area contributed by atoms with E-state index in [0.717, 1.165) is 45.1 Å². The Hall–Kier alpha value is -0.250.